The lowest BCUT2D eigenvalue weighted by Crippen LogP contribution is -2.14. The lowest BCUT2D eigenvalue weighted by molar-refractivity contribution is -0.127. The van der Waals surface area contributed by atoms with E-state index in [4.69, 9.17) is 0 Å². The van der Waals surface area contributed by atoms with Gasteiger partial charge in [0, 0.05) is 25.0 Å². The first-order valence-corrected chi connectivity index (χ1v) is 4.02. The summed E-state index contributed by atoms with van der Waals surface area (Å²) in [6.07, 6.45) is 3.79. The molecule has 1 aromatic rings. The lowest BCUT2D eigenvalue weighted by Gasteiger charge is -1.99. The van der Waals surface area contributed by atoms with Crippen molar-refractivity contribution in [1.82, 2.24) is 9.99 Å². The highest BCUT2D eigenvalue weighted by atomic mass is 16.2. The van der Waals surface area contributed by atoms with Crippen LogP contribution in [0.5, 0.6) is 0 Å². The molecule has 0 saturated carbocycles. The molecule has 1 amide bonds. The van der Waals surface area contributed by atoms with Crippen LogP contribution in [0.4, 0.5) is 0 Å². The van der Waals surface area contributed by atoms with E-state index in [0.29, 0.717) is 6.42 Å². The van der Waals surface area contributed by atoms with Crippen molar-refractivity contribution in [1.29, 1.82) is 0 Å². The molecule has 1 aliphatic rings. The minimum absolute atomic E-state index is 0.0267. The lowest BCUT2D eigenvalue weighted by atomic mass is 10.1. The molecule has 0 bridgehead atoms. The van der Waals surface area contributed by atoms with Crippen molar-refractivity contribution in [2.24, 2.45) is 5.10 Å². The number of amides is 1. The monoisotopic (exact) mass is 175 g/mol. The summed E-state index contributed by atoms with van der Waals surface area (Å²) in [5, 5.41) is 5.46. The van der Waals surface area contributed by atoms with E-state index in [1.54, 1.807) is 19.4 Å². The maximum atomic E-state index is 11.1. The van der Waals surface area contributed by atoms with Gasteiger partial charge in [0.15, 0.2) is 0 Å². The zero-order valence-electron chi connectivity index (χ0n) is 7.27. The maximum absolute atomic E-state index is 11.1. The van der Waals surface area contributed by atoms with Crippen LogP contribution in [-0.4, -0.2) is 28.7 Å². The SMILES string of the molecule is CN1N=C(c2cccnc2)CC1=O. The number of carbonyl (C=O) groups is 1. The molecule has 0 N–H and O–H groups in total. The second-order valence-corrected chi connectivity index (χ2v) is 2.88. The number of hydrazone groups is 1. The molecular weight excluding hydrogens is 166 g/mol. The number of nitrogens with zero attached hydrogens (tertiary/aromatic N) is 3. The Bertz CT molecular complexity index is 358. The molecular formula is C9H9N3O. The van der Waals surface area contributed by atoms with Crippen LogP contribution < -0.4 is 0 Å². The van der Waals surface area contributed by atoms with Crippen LogP contribution in [0, 0.1) is 0 Å². The third-order valence-corrected chi connectivity index (χ3v) is 1.95. The van der Waals surface area contributed by atoms with Crippen LogP contribution >= 0.6 is 0 Å². The molecule has 4 nitrogen and oxygen atoms in total. The van der Waals surface area contributed by atoms with Crippen LogP contribution in [0.15, 0.2) is 29.6 Å². The summed E-state index contributed by atoms with van der Waals surface area (Å²) in [5.74, 6) is 0.0267. The first-order valence-electron chi connectivity index (χ1n) is 4.02. The molecule has 1 aromatic heterocycles. The maximum Gasteiger partial charge on any atom is 0.248 e. The summed E-state index contributed by atoms with van der Waals surface area (Å²) in [7, 11) is 1.66. The van der Waals surface area contributed by atoms with Gasteiger partial charge < -0.3 is 0 Å². The van der Waals surface area contributed by atoms with Crippen molar-refractivity contribution in [3.05, 3.63) is 30.1 Å². The molecule has 0 aromatic carbocycles. The van der Waals surface area contributed by atoms with Gasteiger partial charge in [-0.2, -0.15) is 5.10 Å². The minimum Gasteiger partial charge on any atom is -0.273 e. The zero-order chi connectivity index (χ0) is 9.26. The first kappa shape index (κ1) is 7.91. The number of rotatable bonds is 1. The number of carbonyl (C=O) groups excluding carboxylic acids is 1. The average molecular weight is 175 g/mol. The molecule has 2 rings (SSSR count). The second kappa shape index (κ2) is 2.97. The molecule has 0 spiro atoms. The van der Waals surface area contributed by atoms with E-state index < -0.39 is 0 Å². The van der Waals surface area contributed by atoms with Crippen molar-refractivity contribution in [3.8, 4) is 0 Å². The number of hydrogen-bond donors (Lipinski definition) is 0. The van der Waals surface area contributed by atoms with Gasteiger partial charge in [-0.3, -0.25) is 9.78 Å². The van der Waals surface area contributed by atoms with Gasteiger partial charge in [0.2, 0.25) is 5.91 Å². The largest absolute Gasteiger partial charge is 0.273 e. The van der Waals surface area contributed by atoms with Crippen molar-refractivity contribution in [2.45, 2.75) is 6.42 Å². The van der Waals surface area contributed by atoms with E-state index in [0.717, 1.165) is 11.3 Å². The topological polar surface area (TPSA) is 45.6 Å². The fourth-order valence-corrected chi connectivity index (χ4v) is 1.22. The van der Waals surface area contributed by atoms with Gasteiger partial charge in [-0.1, -0.05) is 0 Å². The second-order valence-electron chi connectivity index (χ2n) is 2.88. The van der Waals surface area contributed by atoms with E-state index in [-0.39, 0.29) is 5.91 Å². The van der Waals surface area contributed by atoms with Crippen molar-refractivity contribution in [3.63, 3.8) is 0 Å². The number of aromatic nitrogens is 1. The van der Waals surface area contributed by atoms with Gasteiger partial charge >= 0.3 is 0 Å². The van der Waals surface area contributed by atoms with Crippen LogP contribution in [0.2, 0.25) is 0 Å². The standard InChI is InChI=1S/C9H9N3O/c1-12-9(13)5-8(11-12)7-3-2-4-10-6-7/h2-4,6H,5H2,1H3. The normalized spacial score (nSPS) is 16.2. The van der Waals surface area contributed by atoms with E-state index in [1.165, 1.54) is 5.01 Å². The quantitative estimate of drug-likeness (QED) is 0.629. The third kappa shape index (κ3) is 1.42. The van der Waals surface area contributed by atoms with Crippen LogP contribution in [0.1, 0.15) is 12.0 Å². The minimum atomic E-state index is 0.0267. The predicted molar refractivity (Wildman–Crippen MR) is 48.2 cm³/mol. The number of pyridine rings is 1. The zero-order valence-corrected chi connectivity index (χ0v) is 7.27. The Morgan fingerprint density at radius 2 is 2.38 bits per heavy atom. The Balaban J connectivity index is 2.30. The highest BCUT2D eigenvalue weighted by molar-refractivity contribution is 6.13. The molecule has 13 heavy (non-hydrogen) atoms. The molecule has 0 unspecified atom stereocenters. The summed E-state index contributed by atoms with van der Waals surface area (Å²) in [4.78, 5) is 15.1. The third-order valence-electron chi connectivity index (χ3n) is 1.95. The van der Waals surface area contributed by atoms with Gasteiger partial charge in [-0.15, -0.1) is 0 Å². The average Bonchev–Trinajstić information content (AvgIpc) is 2.49. The Kier molecular flexibility index (Phi) is 1.81. The van der Waals surface area contributed by atoms with Crippen LogP contribution in [0.3, 0.4) is 0 Å². The van der Waals surface area contributed by atoms with E-state index in [1.807, 2.05) is 12.1 Å². The number of hydrogen-bond acceptors (Lipinski definition) is 3. The summed E-state index contributed by atoms with van der Waals surface area (Å²) in [5.41, 5.74) is 1.71. The smallest absolute Gasteiger partial charge is 0.248 e. The molecule has 0 saturated heterocycles. The van der Waals surface area contributed by atoms with Gasteiger partial charge in [0.05, 0.1) is 12.1 Å². The highest BCUT2D eigenvalue weighted by Gasteiger charge is 2.21. The highest BCUT2D eigenvalue weighted by Crippen LogP contribution is 2.11. The molecule has 0 atom stereocenters. The molecule has 4 heteroatoms. The van der Waals surface area contributed by atoms with Gasteiger partial charge in [-0.05, 0) is 12.1 Å². The van der Waals surface area contributed by atoms with Crippen LogP contribution in [-0.2, 0) is 4.79 Å². The van der Waals surface area contributed by atoms with Gasteiger partial charge in [0.1, 0.15) is 0 Å². The summed E-state index contributed by atoms with van der Waals surface area (Å²) in [6, 6.07) is 3.74. The molecule has 0 fully saturated rings. The van der Waals surface area contributed by atoms with E-state index >= 15 is 0 Å². The molecule has 0 radical (unpaired) electrons. The predicted octanol–water partition coefficient (Wildman–Crippen LogP) is 0.648. The fraction of sp³-hybridized carbons (Fsp3) is 0.222. The molecule has 0 aliphatic carbocycles. The Morgan fingerprint density at radius 1 is 1.54 bits per heavy atom. The molecule has 66 valence electrons. The van der Waals surface area contributed by atoms with Crippen molar-refractivity contribution >= 4 is 11.6 Å². The Hall–Kier alpha value is -1.71. The first-order chi connectivity index (χ1) is 6.27. The van der Waals surface area contributed by atoms with Gasteiger partial charge in [-0.25, -0.2) is 5.01 Å². The van der Waals surface area contributed by atoms with E-state index in [2.05, 4.69) is 10.1 Å². The Labute approximate surface area is 75.9 Å². The van der Waals surface area contributed by atoms with Gasteiger partial charge in [0.25, 0.3) is 0 Å². The van der Waals surface area contributed by atoms with Crippen molar-refractivity contribution in [2.75, 3.05) is 7.05 Å². The summed E-state index contributed by atoms with van der Waals surface area (Å²) < 4.78 is 0. The van der Waals surface area contributed by atoms with Crippen molar-refractivity contribution < 1.29 is 4.79 Å². The van der Waals surface area contributed by atoms with Crippen LogP contribution in [0.25, 0.3) is 0 Å². The Morgan fingerprint density at radius 3 is 2.92 bits per heavy atom. The fourth-order valence-electron chi connectivity index (χ4n) is 1.22. The van der Waals surface area contributed by atoms with E-state index in [9.17, 15) is 4.79 Å². The summed E-state index contributed by atoms with van der Waals surface area (Å²) >= 11 is 0. The molecule has 1 aliphatic heterocycles. The summed E-state index contributed by atoms with van der Waals surface area (Å²) in [6.45, 7) is 0. The molecule has 2 heterocycles.